The van der Waals surface area contributed by atoms with Crippen LogP contribution in [0.5, 0.6) is 11.5 Å². The molecule has 0 aromatic heterocycles. The molecule has 1 heterocycles. The van der Waals surface area contributed by atoms with Crippen LogP contribution in [0.4, 0.5) is 5.69 Å². The topological polar surface area (TPSA) is 76.1 Å². The van der Waals surface area contributed by atoms with Crippen molar-refractivity contribution in [1.29, 1.82) is 0 Å². The second-order valence-corrected chi connectivity index (χ2v) is 9.45. The molecule has 6 nitrogen and oxygen atoms in total. The van der Waals surface area contributed by atoms with E-state index < -0.39 is 17.7 Å². The summed E-state index contributed by atoms with van der Waals surface area (Å²) in [5, 5.41) is 11.5. The molecule has 3 aromatic carbocycles. The van der Waals surface area contributed by atoms with Gasteiger partial charge in [0.2, 0.25) is 0 Å². The lowest BCUT2D eigenvalue weighted by Crippen LogP contribution is -2.29. The first-order valence-electron chi connectivity index (χ1n) is 11.4. The van der Waals surface area contributed by atoms with E-state index in [2.05, 4.69) is 0 Å². The maximum absolute atomic E-state index is 13.4. The monoisotopic (exact) mass is 471 g/mol. The maximum atomic E-state index is 13.4. The fourth-order valence-electron chi connectivity index (χ4n) is 4.41. The normalized spacial score (nSPS) is 17.5. The van der Waals surface area contributed by atoms with Crippen molar-refractivity contribution in [3.63, 3.8) is 0 Å². The Bertz CT molecular complexity index is 1300. The van der Waals surface area contributed by atoms with Gasteiger partial charge >= 0.3 is 0 Å². The predicted octanol–water partition coefficient (Wildman–Crippen LogP) is 5.63. The van der Waals surface area contributed by atoms with Crippen molar-refractivity contribution in [1.82, 2.24) is 0 Å². The molecule has 1 aliphatic rings. The van der Waals surface area contributed by atoms with E-state index in [9.17, 15) is 14.7 Å². The van der Waals surface area contributed by atoms with Crippen molar-refractivity contribution in [3.8, 4) is 11.5 Å². The lowest BCUT2D eigenvalue weighted by atomic mass is 9.84. The molecule has 4 rings (SSSR count). The molecule has 1 atom stereocenters. The van der Waals surface area contributed by atoms with Crippen LogP contribution in [0.3, 0.4) is 0 Å². The maximum Gasteiger partial charge on any atom is 0.300 e. The molecule has 1 amide bonds. The Morgan fingerprint density at radius 2 is 1.60 bits per heavy atom. The van der Waals surface area contributed by atoms with E-state index in [0.717, 1.165) is 5.56 Å². The highest BCUT2D eigenvalue weighted by molar-refractivity contribution is 6.51. The van der Waals surface area contributed by atoms with Gasteiger partial charge in [-0.25, -0.2) is 0 Å². The van der Waals surface area contributed by atoms with Crippen molar-refractivity contribution in [2.75, 3.05) is 19.1 Å². The molecular formula is C29H29NO5. The van der Waals surface area contributed by atoms with Gasteiger partial charge in [0.15, 0.2) is 0 Å². The number of rotatable bonds is 5. The number of para-hydroxylation sites is 1. The predicted molar refractivity (Wildman–Crippen MR) is 136 cm³/mol. The third-order valence-corrected chi connectivity index (χ3v) is 6.17. The summed E-state index contributed by atoms with van der Waals surface area (Å²) < 4.78 is 10.9. The van der Waals surface area contributed by atoms with E-state index >= 15 is 0 Å². The van der Waals surface area contributed by atoms with E-state index in [1.165, 1.54) is 4.90 Å². The number of anilines is 1. The lowest BCUT2D eigenvalue weighted by molar-refractivity contribution is -0.132. The van der Waals surface area contributed by atoms with Crippen LogP contribution < -0.4 is 14.4 Å². The highest BCUT2D eigenvalue weighted by Gasteiger charge is 2.47. The van der Waals surface area contributed by atoms with Gasteiger partial charge in [0.05, 0.1) is 25.8 Å². The number of aliphatic hydroxyl groups is 1. The summed E-state index contributed by atoms with van der Waals surface area (Å²) in [6.45, 7) is 6.12. The molecule has 0 spiro atoms. The number of ether oxygens (including phenoxy) is 2. The minimum absolute atomic E-state index is 0.0251. The summed E-state index contributed by atoms with van der Waals surface area (Å²) in [6.07, 6.45) is 0. The molecule has 3 aromatic rings. The molecule has 0 saturated carbocycles. The first-order chi connectivity index (χ1) is 16.7. The summed E-state index contributed by atoms with van der Waals surface area (Å²) in [6, 6.07) is 20.6. The Hall–Kier alpha value is -4.06. The molecule has 0 bridgehead atoms. The molecule has 180 valence electrons. The number of benzene rings is 3. The average molecular weight is 472 g/mol. The zero-order valence-electron chi connectivity index (χ0n) is 20.5. The van der Waals surface area contributed by atoms with Gasteiger partial charge < -0.3 is 14.6 Å². The van der Waals surface area contributed by atoms with E-state index in [-0.39, 0.29) is 16.7 Å². The molecular weight excluding hydrogens is 442 g/mol. The summed E-state index contributed by atoms with van der Waals surface area (Å²) >= 11 is 0. The smallest absolute Gasteiger partial charge is 0.300 e. The van der Waals surface area contributed by atoms with Crippen LogP contribution in [-0.4, -0.2) is 31.0 Å². The van der Waals surface area contributed by atoms with Gasteiger partial charge in [-0.1, -0.05) is 51.1 Å². The second kappa shape index (κ2) is 9.29. The molecule has 0 aliphatic carbocycles. The van der Waals surface area contributed by atoms with Crippen molar-refractivity contribution in [2.24, 2.45) is 0 Å². The lowest BCUT2D eigenvalue weighted by Gasteiger charge is -2.26. The van der Waals surface area contributed by atoms with E-state index in [4.69, 9.17) is 9.47 Å². The summed E-state index contributed by atoms with van der Waals surface area (Å²) in [7, 11) is 3.15. The van der Waals surface area contributed by atoms with Gasteiger partial charge in [-0.15, -0.1) is 0 Å². The zero-order chi connectivity index (χ0) is 25.3. The van der Waals surface area contributed by atoms with Crippen LogP contribution >= 0.6 is 0 Å². The number of ketones is 1. The van der Waals surface area contributed by atoms with Crippen LogP contribution in [0.2, 0.25) is 0 Å². The SMILES string of the molecule is COc1cccc(C2/C(=C(/O)c3ccc(OC)c(C(C)(C)C)c3)C(=O)C(=O)N2c2ccccc2)c1. The number of nitrogens with zero attached hydrogens (tertiary/aromatic N) is 1. The third kappa shape index (κ3) is 4.39. The van der Waals surface area contributed by atoms with Gasteiger partial charge in [0, 0.05) is 16.8 Å². The first-order valence-corrected chi connectivity index (χ1v) is 11.4. The average Bonchev–Trinajstić information content (AvgIpc) is 3.13. The highest BCUT2D eigenvalue weighted by Crippen LogP contribution is 2.43. The van der Waals surface area contributed by atoms with Crippen LogP contribution in [-0.2, 0) is 15.0 Å². The van der Waals surface area contributed by atoms with Crippen molar-refractivity contribution in [2.45, 2.75) is 32.2 Å². The second-order valence-electron chi connectivity index (χ2n) is 9.45. The van der Waals surface area contributed by atoms with Crippen LogP contribution in [0.1, 0.15) is 43.5 Å². The first kappa shape index (κ1) is 24.1. The quantitative estimate of drug-likeness (QED) is 0.297. The summed E-state index contributed by atoms with van der Waals surface area (Å²) in [4.78, 5) is 28.1. The fraction of sp³-hybridized carbons (Fsp3) is 0.241. The highest BCUT2D eigenvalue weighted by atomic mass is 16.5. The number of carbonyl (C=O) groups is 2. The van der Waals surface area contributed by atoms with E-state index in [0.29, 0.717) is 28.3 Å². The Balaban J connectivity index is 1.96. The van der Waals surface area contributed by atoms with Gasteiger partial charge in [-0.05, 0) is 53.4 Å². The molecule has 35 heavy (non-hydrogen) atoms. The van der Waals surface area contributed by atoms with Crippen LogP contribution in [0, 0.1) is 0 Å². The Morgan fingerprint density at radius 3 is 2.23 bits per heavy atom. The van der Waals surface area contributed by atoms with Crippen molar-refractivity contribution >= 4 is 23.1 Å². The van der Waals surface area contributed by atoms with E-state index in [1.807, 2.05) is 39.0 Å². The van der Waals surface area contributed by atoms with Crippen LogP contribution in [0.15, 0.2) is 78.4 Å². The number of carbonyl (C=O) groups excluding carboxylic acids is 2. The number of aliphatic hydroxyl groups excluding tert-OH is 1. The van der Waals surface area contributed by atoms with E-state index in [1.54, 1.807) is 68.8 Å². The van der Waals surface area contributed by atoms with Crippen molar-refractivity contribution in [3.05, 3.63) is 95.1 Å². The number of hydrogen-bond donors (Lipinski definition) is 1. The molecule has 1 N–H and O–H groups in total. The van der Waals surface area contributed by atoms with Crippen LogP contribution in [0.25, 0.3) is 5.76 Å². The summed E-state index contributed by atoms with van der Waals surface area (Å²) in [5.74, 6) is -0.408. The molecule has 1 aliphatic heterocycles. The Labute approximate surface area is 205 Å². The van der Waals surface area contributed by atoms with Gasteiger partial charge in [-0.3, -0.25) is 14.5 Å². The van der Waals surface area contributed by atoms with Gasteiger partial charge in [0.1, 0.15) is 17.3 Å². The summed E-state index contributed by atoms with van der Waals surface area (Å²) in [5.41, 5.74) is 2.28. The molecule has 6 heteroatoms. The minimum Gasteiger partial charge on any atom is -0.507 e. The third-order valence-electron chi connectivity index (χ3n) is 6.17. The van der Waals surface area contributed by atoms with Gasteiger partial charge in [-0.2, -0.15) is 0 Å². The largest absolute Gasteiger partial charge is 0.507 e. The fourth-order valence-corrected chi connectivity index (χ4v) is 4.41. The molecule has 1 unspecified atom stereocenters. The molecule has 1 saturated heterocycles. The number of Topliss-reactive ketones (excluding diaryl/α,β-unsaturated/α-hetero) is 1. The Morgan fingerprint density at radius 1 is 0.886 bits per heavy atom. The molecule has 1 fully saturated rings. The van der Waals surface area contributed by atoms with Gasteiger partial charge in [0.25, 0.3) is 11.7 Å². The number of methoxy groups -OCH3 is 2. The van der Waals surface area contributed by atoms with Crippen molar-refractivity contribution < 1.29 is 24.2 Å². The number of amides is 1. The number of hydrogen-bond acceptors (Lipinski definition) is 5. The minimum atomic E-state index is -0.826. The Kier molecular flexibility index (Phi) is 6.39. The standard InChI is InChI=1S/C29H29NO5/c1-29(2,3)22-17-19(14-15-23(22)35-5)26(31)24-25(18-10-9-13-21(16-18)34-4)30(28(33)27(24)32)20-11-7-6-8-12-20/h6-17,25,31H,1-5H3/b26-24-. The molecule has 0 radical (unpaired) electrons. The zero-order valence-corrected chi connectivity index (χ0v) is 20.5.